The van der Waals surface area contributed by atoms with E-state index in [0.717, 1.165) is 21.9 Å². The van der Waals surface area contributed by atoms with Crippen LogP contribution in [0.15, 0.2) is 91.0 Å². The van der Waals surface area contributed by atoms with E-state index in [0.29, 0.717) is 22.6 Å². The summed E-state index contributed by atoms with van der Waals surface area (Å²) in [7, 11) is 0. The topological polar surface area (TPSA) is 44.8 Å². The fraction of sp³-hybridized carbons (Fsp3) is 0.0741. The number of fused-ring (bicyclic) bond motifs is 6. The van der Waals surface area contributed by atoms with Crippen molar-refractivity contribution in [1.82, 2.24) is 0 Å². The quantitative estimate of drug-likeness (QED) is 0.401. The van der Waals surface area contributed by atoms with Gasteiger partial charge < -0.3 is 14.2 Å². The van der Waals surface area contributed by atoms with Crippen molar-refractivity contribution in [3.05, 3.63) is 113 Å². The van der Waals surface area contributed by atoms with Crippen LogP contribution in [0.2, 0.25) is 0 Å². The average molecular weight is 406 g/mol. The molecule has 0 bridgehead atoms. The molecule has 0 atom stereocenters. The number of hydrogen-bond acceptors (Lipinski definition) is 4. The molecule has 4 aromatic rings. The van der Waals surface area contributed by atoms with E-state index in [4.69, 9.17) is 14.2 Å². The van der Waals surface area contributed by atoms with Gasteiger partial charge in [0.15, 0.2) is 5.60 Å². The summed E-state index contributed by atoms with van der Waals surface area (Å²) < 4.78 is 17.8. The van der Waals surface area contributed by atoms with Crippen LogP contribution in [0.4, 0.5) is 0 Å². The second kappa shape index (κ2) is 6.74. The summed E-state index contributed by atoms with van der Waals surface area (Å²) in [5.41, 5.74) is 2.27. The SMILES string of the molecule is O=C1OCOc2c1c1c(c3ccccc23)OC(c2ccccc2)(c2ccccc2)C=C1. The minimum Gasteiger partial charge on any atom is -0.472 e. The summed E-state index contributed by atoms with van der Waals surface area (Å²) in [5, 5.41) is 1.73. The van der Waals surface area contributed by atoms with Crippen molar-refractivity contribution >= 4 is 22.8 Å². The number of benzene rings is 4. The van der Waals surface area contributed by atoms with Crippen LogP contribution in [0.5, 0.6) is 11.5 Å². The molecule has 0 spiro atoms. The molecule has 0 N–H and O–H groups in total. The first-order valence-corrected chi connectivity index (χ1v) is 10.2. The molecule has 0 aromatic heterocycles. The Hall–Kier alpha value is -4.05. The minimum atomic E-state index is -0.827. The number of ether oxygens (including phenoxy) is 3. The van der Waals surface area contributed by atoms with Crippen LogP contribution in [0, 0.1) is 0 Å². The number of esters is 1. The van der Waals surface area contributed by atoms with Gasteiger partial charge in [-0.15, -0.1) is 0 Å². The molecule has 0 aliphatic carbocycles. The van der Waals surface area contributed by atoms with E-state index in [9.17, 15) is 4.79 Å². The fourth-order valence-corrected chi connectivity index (χ4v) is 4.47. The van der Waals surface area contributed by atoms with E-state index >= 15 is 0 Å². The zero-order valence-corrected chi connectivity index (χ0v) is 16.6. The maximum Gasteiger partial charge on any atom is 0.345 e. The molecule has 0 unspecified atom stereocenters. The molecule has 6 rings (SSSR count). The monoisotopic (exact) mass is 406 g/mol. The maximum absolute atomic E-state index is 12.7. The van der Waals surface area contributed by atoms with Gasteiger partial charge in [0.1, 0.15) is 17.1 Å². The summed E-state index contributed by atoms with van der Waals surface area (Å²) in [6, 6.07) is 28.0. The van der Waals surface area contributed by atoms with E-state index in [1.807, 2.05) is 72.8 Å². The van der Waals surface area contributed by atoms with Crippen LogP contribution < -0.4 is 9.47 Å². The van der Waals surface area contributed by atoms with E-state index < -0.39 is 11.6 Å². The van der Waals surface area contributed by atoms with Crippen molar-refractivity contribution in [2.75, 3.05) is 6.79 Å². The fourth-order valence-electron chi connectivity index (χ4n) is 4.47. The van der Waals surface area contributed by atoms with Gasteiger partial charge >= 0.3 is 5.97 Å². The van der Waals surface area contributed by atoms with E-state index in [1.54, 1.807) is 0 Å². The average Bonchev–Trinajstić information content (AvgIpc) is 2.85. The van der Waals surface area contributed by atoms with Crippen molar-refractivity contribution in [2.24, 2.45) is 0 Å². The zero-order valence-electron chi connectivity index (χ0n) is 16.6. The molecular formula is C27H18O4. The third-order valence-electron chi connectivity index (χ3n) is 5.91. The molecular weight excluding hydrogens is 388 g/mol. The lowest BCUT2D eigenvalue weighted by Crippen LogP contribution is -2.35. The van der Waals surface area contributed by atoms with Crippen LogP contribution in [-0.4, -0.2) is 12.8 Å². The highest BCUT2D eigenvalue weighted by Gasteiger charge is 2.40. The molecule has 4 heteroatoms. The highest BCUT2D eigenvalue weighted by Crippen LogP contribution is 2.49. The lowest BCUT2D eigenvalue weighted by molar-refractivity contribution is 0.00531. The highest BCUT2D eigenvalue weighted by atomic mass is 16.7. The minimum absolute atomic E-state index is 0.0862. The third kappa shape index (κ3) is 2.58. The van der Waals surface area contributed by atoms with Crippen LogP contribution in [0.3, 0.4) is 0 Å². The Morgan fingerprint density at radius 1 is 0.677 bits per heavy atom. The summed E-state index contributed by atoms with van der Waals surface area (Å²) in [6.45, 7) is -0.0862. The van der Waals surface area contributed by atoms with Gasteiger partial charge in [-0.2, -0.15) is 0 Å². The third-order valence-corrected chi connectivity index (χ3v) is 5.91. The van der Waals surface area contributed by atoms with Crippen LogP contribution in [0.25, 0.3) is 16.8 Å². The molecule has 4 nitrogen and oxygen atoms in total. The molecule has 4 aromatic carbocycles. The molecule has 2 heterocycles. The van der Waals surface area contributed by atoms with Crippen molar-refractivity contribution in [2.45, 2.75) is 5.60 Å². The van der Waals surface area contributed by atoms with E-state index in [-0.39, 0.29) is 6.79 Å². The van der Waals surface area contributed by atoms with Crippen LogP contribution in [-0.2, 0) is 10.3 Å². The van der Waals surface area contributed by atoms with Gasteiger partial charge in [-0.25, -0.2) is 4.79 Å². The molecule has 2 aliphatic rings. The van der Waals surface area contributed by atoms with Gasteiger partial charge in [0, 0.05) is 27.5 Å². The predicted molar refractivity (Wildman–Crippen MR) is 118 cm³/mol. The Morgan fingerprint density at radius 2 is 1.26 bits per heavy atom. The number of cyclic esters (lactones) is 1. The summed E-state index contributed by atoms with van der Waals surface area (Å²) in [5.74, 6) is 0.793. The van der Waals surface area contributed by atoms with Crippen LogP contribution in [0.1, 0.15) is 27.0 Å². The normalized spacial score (nSPS) is 15.9. The van der Waals surface area contributed by atoms with Crippen LogP contribution >= 0.6 is 0 Å². The predicted octanol–water partition coefficient (Wildman–Crippen LogP) is 5.70. The van der Waals surface area contributed by atoms with Crippen molar-refractivity contribution in [1.29, 1.82) is 0 Å². The number of carbonyl (C=O) groups excluding carboxylic acids is 1. The van der Waals surface area contributed by atoms with Gasteiger partial charge in [-0.1, -0.05) is 84.9 Å². The Balaban J connectivity index is 1.67. The maximum atomic E-state index is 12.7. The summed E-state index contributed by atoms with van der Waals surface area (Å²) in [4.78, 5) is 12.7. The standard InChI is InChI=1S/C27H18O4/c28-26-23-22-15-16-27(18-9-3-1-4-10-18,19-11-5-2-6-12-19)31-24(22)20-13-7-8-14-21(20)25(23)29-17-30-26/h1-16H,17H2. The van der Waals surface area contributed by atoms with Gasteiger partial charge in [-0.3, -0.25) is 0 Å². The summed E-state index contributed by atoms with van der Waals surface area (Å²) in [6.07, 6.45) is 3.97. The Morgan fingerprint density at radius 3 is 1.90 bits per heavy atom. The Bertz CT molecular complexity index is 1300. The number of carbonyl (C=O) groups is 1. The van der Waals surface area contributed by atoms with Crippen molar-refractivity contribution in [3.8, 4) is 11.5 Å². The molecule has 0 fully saturated rings. The smallest absolute Gasteiger partial charge is 0.345 e. The van der Waals surface area contributed by atoms with Crippen molar-refractivity contribution in [3.63, 3.8) is 0 Å². The first-order valence-electron chi connectivity index (χ1n) is 10.2. The second-order valence-corrected chi connectivity index (χ2v) is 7.59. The highest BCUT2D eigenvalue weighted by molar-refractivity contribution is 6.09. The van der Waals surface area contributed by atoms with Gasteiger partial charge in [0.25, 0.3) is 0 Å². The van der Waals surface area contributed by atoms with E-state index in [1.165, 1.54) is 0 Å². The first kappa shape index (κ1) is 17.8. The zero-order chi connectivity index (χ0) is 20.8. The lowest BCUT2D eigenvalue weighted by Gasteiger charge is -2.37. The molecule has 2 aliphatic heterocycles. The molecule has 0 saturated carbocycles. The molecule has 31 heavy (non-hydrogen) atoms. The Labute approximate surface area is 179 Å². The molecule has 150 valence electrons. The van der Waals surface area contributed by atoms with Gasteiger partial charge in [0.05, 0.1) is 0 Å². The first-order chi connectivity index (χ1) is 15.3. The van der Waals surface area contributed by atoms with E-state index in [2.05, 4.69) is 24.3 Å². The molecule has 0 radical (unpaired) electrons. The molecule has 0 saturated heterocycles. The second-order valence-electron chi connectivity index (χ2n) is 7.59. The molecule has 0 amide bonds. The number of rotatable bonds is 2. The van der Waals surface area contributed by atoms with Gasteiger partial charge in [-0.05, 0) is 12.2 Å². The Kier molecular flexibility index (Phi) is 3.87. The van der Waals surface area contributed by atoms with Crippen molar-refractivity contribution < 1.29 is 19.0 Å². The summed E-state index contributed by atoms with van der Waals surface area (Å²) >= 11 is 0. The number of hydrogen-bond donors (Lipinski definition) is 0. The van der Waals surface area contributed by atoms with Gasteiger partial charge in [0.2, 0.25) is 6.79 Å². The lowest BCUT2D eigenvalue weighted by atomic mass is 9.82. The largest absolute Gasteiger partial charge is 0.472 e.